The number of hydrogen-bond acceptors (Lipinski definition) is 4. The van der Waals surface area contributed by atoms with Gasteiger partial charge in [0.25, 0.3) is 0 Å². The highest BCUT2D eigenvalue weighted by molar-refractivity contribution is 7.11. The van der Waals surface area contributed by atoms with Gasteiger partial charge in [-0.05, 0) is 5.92 Å². The molecule has 0 amide bonds. The topological polar surface area (TPSA) is 56.0 Å². The molecule has 0 fully saturated rings. The average Bonchev–Trinajstić information content (AvgIpc) is 2.48. The first-order valence-corrected chi connectivity index (χ1v) is 3.84. The molecule has 0 saturated carbocycles. The quantitative estimate of drug-likeness (QED) is 0.481. The van der Waals surface area contributed by atoms with Gasteiger partial charge in [0.05, 0.1) is 6.54 Å². The highest BCUT2D eigenvalue weighted by atomic mass is 32.1. The van der Waals surface area contributed by atoms with Crippen molar-refractivity contribution in [1.82, 2.24) is 4.98 Å². The Morgan fingerprint density at radius 3 is 3.18 bits per heavy atom. The predicted molar refractivity (Wildman–Crippen MR) is 43.4 cm³/mol. The summed E-state index contributed by atoms with van der Waals surface area (Å²) in [5.74, 6) is 5.37. The van der Waals surface area contributed by atoms with Crippen molar-refractivity contribution in [3.05, 3.63) is 16.1 Å². The number of nitrogens with two attached hydrogens (primary N) is 1. The van der Waals surface area contributed by atoms with Crippen molar-refractivity contribution in [1.29, 1.82) is 0 Å². The first kappa shape index (κ1) is 7.92. The van der Waals surface area contributed by atoms with E-state index in [9.17, 15) is 4.79 Å². The molecule has 4 heteroatoms. The summed E-state index contributed by atoms with van der Waals surface area (Å²) in [5.41, 5.74) is 5.76. The largest absolute Gasteiger partial charge is 0.320 e. The fraction of sp³-hybridized carbons (Fsp3) is 0.143. The number of hydrogen-bond donors (Lipinski definition) is 1. The van der Waals surface area contributed by atoms with E-state index in [0.717, 1.165) is 0 Å². The smallest absolute Gasteiger partial charge is 0.178 e. The number of aldehydes is 1. The van der Waals surface area contributed by atoms with Crippen LogP contribution in [0.3, 0.4) is 0 Å². The monoisotopic (exact) mass is 166 g/mol. The van der Waals surface area contributed by atoms with E-state index in [2.05, 4.69) is 16.8 Å². The fourth-order valence-corrected chi connectivity index (χ4v) is 1.09. The van der Waals surface area contributed by atoms with Gasteiger partial charge in [-0.25, -0.2) is 4.98 Å². The van der Waals surface area contributed by atoms with Crippen LogP contribution in [0.5, 0.6) is 0 Å². The van der Waals surface area contributed by atoms with E-state index in [4.69, 9.17) is 5.73 Å². The van der Waals surface area contributed by atoms with Gasteiger partial charge in [-0.1, -0.05) is 5.92 Å². The number of carbonyl (C=O) groups is 1. The van der Waals surface area contributed by atoms with Gasteiger partial charge in [0, 0.05) is 5.38 Å². The molecule has 1 heterocycles. The second kappa shape index (κ2) is 3.86. The molecule has 1 aromatic heterocycles. The number of aromatic nitrogens is 1. The zero-order chi connectivity index (χ0) is 8.10. The molecule has 0 atom stereocenters. The van der Waals surface area contributed by atoms with Crippen LogP contribution in [0.2, 0.25) is 0 Å². The van der Waals surface area contributed by atoms with Crippen LogP contribution >= 0.6 is 11.3 Å². The van der Waals surface area contributed by atoms with Gasteiger partial charge < -0.3 is 5.73 Å². The lowest BCUT2D eigenvalue weighted by molar-refractivity contribution is 0.112. The Balaban J connectivity index is 2.80. The molecule has 0 aliphatic rings. The zero-order valence-corrected chi connectivity index (χ0v) is 6.52. The average molecular weight is 166 g/mol. The maximum Gasteiger partial charge on any atom is 0.178 e. The highest BCUT2D eigenvalue weighted by Crippen LogP contribution is 2.05. The van der Waals surface area contributed by atoms with E-state index in [1.807, 2.05) is 0 Å². The molecule has 1 aromatic rings. The van der Waals surface area contributed by atoms with Gasteiger partial charge in [0.2, 0.25) is 0 Å². The summed E-state index contributed by atoms with van der Waals surface area (Å²) in [6.07, 6.45) is 0.707. The molecule has 0 radical (unpaired) electrons. The molecule has 0 saturated heterocycles. The summed E-state index contributed by atoms with van der Waals surface area (Å²) in [7, 11) is 0. The molecule has 1 rings (SSSR count). The molecule has 0 unspecified atom stereocenters. The minimum Gasteiger partial charge on any atom is -0.320 e. The third kappa shape index (κ3) is 2.15. The number of thiazole rings is 1. The lowest BCUT2D eigenvalue weighted by Gasteiger charge is -1.74. The van der Waals surface area contributed by atoms with Crippen molar-refractivity contribution < 1.29 is 4.79 Å². The van der Waals surface area contributed by atoms with Gasteiger partial charge in [-0.2, -0.15) is 0 Å². The van der Waals surface area contributed by atoms with Gasteiger partial charge in [0.1, 0.15) is 5.69 Å². The van der Waals surface area contributed by atoms with E-state index in [1.54, 1.807) is 5.38 Å². The first-order chi connectivity index (χ1) is 5.36. The molecule has 0 spiro atoms. The van der Waals surface area contributed by atoms with Crippen LogP contribution in [0.1, 0.15) is 15.5 Å². The summed E-state index contributed by atoms with van der Waals surface area (Å²) >= 11 is 1.28. The Hall–Kier alpha value is -1.18. The van der Waals surface area contributed by atoms with Crippen LogP contribution in [-0.4, -0.2) is 17.8 Å². The lowest BCUT2D eigenvalue weighted by Crippen LogP contribution is -1.93. The summed E-state index contributed by atoms with van der Waals surface area (Å²) in [6, 6.07) is 0. The van der Waals surface area contributed by atoms with E-state index in [0.29, 0.717) is 23.5 Å². The second-order valence-corrected chi connectivity index (χ2v) is 2.58. The SMILES string of the molecule is NCC#Cc1csc(C=O)n1. The van der Waals surface area contributed by atoms with Gasteiger partial charge in [-0.15, -0.1) is 11.3 Å². The van der Waals surface area contributed by atoms with Crippen molar-refractivity contribution >= 4 is 17.6 Å². The minimum atomic E-state index is 0.313. The standard InChI is InChI=1S/C7H6N2OS/c8-3-1-2-6-5-11-7(4-10)9-6/h4-5H,3,8H2. The van der Waals surface area contributed by atoms with Crippen LogP contribution < -0.4 is 5.73 Å². The van der Waals surface area contributed by atoms with E-state index < -0.39 is 0 Å². The Morgan fingerprint density at radius 1 is 1.82 bits per heavy atom. The van der Waals surface area contributed by atoms with Crippen molar-refractivity contribution in [3.63, 3.8) is 0 Å². The Morgan fingerprint density at radius 2 is 2.64 bits per heavy atom. The molecule has 3 nitrogen and oxygen atoms in total. The van der Waals surface area contributed by atoms with Crippen LogP contribution in [0.25, 0.3) is 0 Å². The van der Waals surface area contributed by atoms with Crippen molar-refractivity contribution in [3.8, 4) is 11.8 Å². The van der Waals surface area contributed by atoms with Crippen molar-refractivity contribution in [2.45, 2.75) is 0 Å². The highest BCUT2D eigenvalue weighted by Gasteiger charge is 1.95. The van der Waals surface area contributed by atoms with Gasteiger partial charge in [-0.3, -0.25) is 4.79 Å². The molecule has 0 aliphatic carbocycles. The van der Waals surface area contributed by atoms with Crippen LogP contribution in [0, 0.1) is 11.8 Å². The van der Waals surface area contributed by atoms with E-state index in [1.165, 1.54) is 11.3 Å². The van der Waals surface area contributed by atoms with Crippen molar-refractivity contribution in [2.75, 3.05) is 6.54 Å². The molecular formula is C7H6N2OS. The van der Waals surface area contributed by atoms with Crippen molar-refractivity contribution in [2.24, 2.45) is 5.73 Å². The van der Waals surface area contributed by atoms with Crippen LogP contribution in [-0.2, 0) is 0 Å². The molecule has 0 aromatic carbocycles. The third-order valence-electron chi connectivity index (χ3n) is 0.941. The summed E-state index contributed by atoms with van der Waals surface area (Å²) in [4.78, 5) is 14.1. The number of carbonyl (C=O) groups excluding carboxylic acids is 1. The summed E-state index contributed by atoms with van der Waals surface area (Å²) < 4.78 is 0. The predicted octanol–water partition coefficient (Wildman–Crippen LogP) is 0.266. The van der Waals surface area contributed by atoms with E-state index >= 15 is 0 Å². The van der Waals surface area contributed by atoms with Crippen LogP contribution in [0.4, 0.5) is 0 Å². The number of rotatable bonds is 1. The minimum absolute atomic E-state index is 0.313. The Kier molecular flexibility index (Phi) is 2.78. The molecule has 0 aliphatic heterocycles. The second-order valence-electron chi connectivity index (χ2n) is 1.69. The number of nitrogens with zero attached hydrogens (tertiary/aromatic N) is 1. The summed E-state index contributed by atoms with van der Waals surface area (Å²) in [5, 5.41) is 2.18. The maximum atomic E-state index is 10.2. The normalized spacial score (nSPS) is 8.45. The molecule has 2 N–H and O–H groups in total. The van der Waals surface area contributed by atoms with E-state index in [-0.39, 0.29) is 0 Å². The summed E-state index contributed by atoms with van der Waals surface area (Å²) in [6.45, 7) is 0.313. The first-order valence-electron chi connectivity index (χ1n) is 2.96. The Labute approximate surface area is 68.3 Å². The molecule has 0 bridgehead atoms. The maximum absolute atomic E-state index is 10.2. The lowest BCUT2D eigenvalue weighted by atomic mass is 10.5. The molecule has 56 valence electrons. The molecular weight excluding hydrogens is 160 g/mol. The molecule has 11 heavy (non-hydrogen) atoms. The van der Waals surface area contributed by atoms with Gasteiger partial charge >= 0.3 is 0 Å². The Bertz CT molecular complexity index is 308. The fourth-order valence-electron chi connectivity index (χ4n) is 0.541. The third-order valence-corrected chi connectivity index (χ3v) is 1.71. The van der Waals surface area contributed by atoms with Crippen LogP contribution in [0.15, 0.2) is 5.38 Å². The van der Waals surface area contributed by atoms with Gasteiger partial charge in [0.15, 0.2) is 11.3 Å². The zero-order valence-electron chi connectivity index (χ0n) is 5.70.